The normalized spacial score (nSPS) is 14.5. The molecule has 10 heteroatoms. The van der Waals surface area contributed by atoms with E-state index in [0.717, 1.165) is 16.6 Å². The first-order valence-corrected chi connectivity index (χ1v) is 7.90. The quantitative estimate of drug-likeness (QED) is 0.625. The maximum Gasteiger partial charge on any atom is 0.306 e. The second-order valence-electron chi connectivity index (χ2n) is 5.01. The van der Waals surface area contributed by atoms with E-state index in [2.05, 4.69) is 31.2 Å². The first-order chi connectivity index (χ1) is 11.5. The van der Waals surface area contributed by atoms with Crippen molar-refractivity contribution in [3.8, 4) is 0 Å². The lowest BCUT2D eigenvalue weighted by Crippen LogP contribution is -2.37. The lowest BCUT2D eigenvalue weighted by molar-refractivity contribution is -0.387. The fraction of sp³-hybridized carbons (Fsp3) is 0.286. The molecular formula is C14H13BrFN5O3. The highest BCUT2D eigenvalue weighted by Gasteiger charge is 2.18. The average Bonchev–Trinajstić information content (AvgIpc) is 2.59. The molecule has 0 spiro atoms. The lowest BCUT2D eigenvalue weighted by atomic mass is 10.2. The molecule has 0 radical (unpaired) electrons. The van der Waals surface area contributed by atoms with Crippen LogP contribution in [0.2, 0.25) is 0 Å². The second-order valence-corrected chi connectivity index (χ2v) is 5.87. The van der Waals surface area contributed by atoms with Crippen LogP contribution in [-0.2, 0) is 4.74 Å². The van der Waals surface area contributed by atoms with Crippen molar-refractivity contribution in [1.82, 2.24) is 9.97 Å². The molecule has 8 nitrogen and oxygen atoms in total. The van der Waals surface area contributed by atoms with Crippen LogP contribution in [0.1, 0.15) is 0 Å². The molecule has 0 amide bonds. The van der Waals surface area contributed by atoms with Gasteiger partial charge in [-0.25, -0.2) is 4.98 Å². The number of hydrogen-bond donors (Lipinski definition) is 1. The topological polar surface area (TPSA) is 93.4 Å². The lowest BCUT2D eigenvalue weighted by Gasteiger charge is -2.28. The zero-order valence-electron chi connectivity index (χ0n) is 12.4. The summed E-state index contributed by atoms with van der Waals surface area (Å²) in [5, 5.41) is 13.7. The molecule has 24 heavy (non-hydrogen) atoms. The van der Waals surface area contributed by atoms with Crippen molar-refractivity contribution in [3.05, 3.63) is 44.8 Å². The SMILES string of the molecule is O=[N+]([O-])c1cc(Nc2ncc(Br)c(N3CCOCC3)n2)ccc1F. The van der Waals surface area contributed by atoms with Crippen LogP contribution in [0.5, 0.6) is 0 Å². The van der Waals surface area contributed by atoms with E-state index in [9.17, 15) is 14.5 Å². The summed E-state index contributed by atoms with van der Waals surface area (Å²) < 4.78 is 19.4. The summed E-state index contributed by atoms with van der Waals surface area (Å²) in [6, 6.07) is 3.53. The predicted molar refractivity (Wildman–Crippen MR) is 89.1 cm³/mol. The molecular weight excluding hydrogens is 385 g/mol. The molecule has 2 heterocycles. The number of nitro benzene ring substituents is 1. The molecule has 1 aliphatic rings. The zero-order valence-corrected chi connectivity index (χ0v) is 14.0. The third-order valence-electron chi connectivity index (χ3n) is 3.44. The minimum absolute atomic E-state index is 0.264. The molecule has 1 aliphatic heterocycles. The number of ether oxygens (including phenoxy) is 1. The monoisotopic (exact) mass is 397 g/mol. The van der Waals surface area contributed by atoms with Gasteiger partial charge < -0.3 is 15.0 Å². The van der Waals surface area contributed by atoms with Gasteiger partial charge in [0.15, 0.2) is 0 Å². The van der Waals surface area contributed by atoms with Crippen molar-refractivity contribution in [2.75, 3.05) is 36.5 Å². The maximum absolute atomic E-state index is 13.4. The van der Waals surface area contributed by atoms with Crippen LogP contribution in [0.4, 0.5) is 27.5 Å². The Balaban J connectivity index is 1.85. The molecule has 0 aliphatic carbocycles. The summed E-state index contributed by atoms with van der Waals surface area (Å²) in [6.45, 7) is 2.64. The van der Waals surface area contributed by atoms with E-state index in [0.29, 0.717) is 37.8 Å². The number of nitro groups is 1. The number of nitrogens with zero attached hydrogens (tertiary/aromatic N) is 4. The molecule has 0 saturated carbocycles. The third kappa shape index (κ3) is 3.60. The van der Waals surface area contributed by atoms with Crippen LogP contribution in [0.3, 0.4) is 0 Å². The number of morpholine rings is 1. The molecule has 0 atom stereocenters. The number of hydrogen-bond acceptors (Lipinski definition) is 7. The summed E-state index contributed by atoms with van der Waals surface area (Å²) in [6.07, 6.45) is 1.60. The van der Waals surface area contributed by atoms with Crippen LogP contribution in [0, 0.1) is 15.9 Å². The summed E-state index contributed by atoms with van der Waals surface area (Å²) in [4.78, 5) is 20.6. The Bertz CT molecular complexity index is 770. The van der Waals surface area contributed by atoms with E-state index in [1.165, 1.54) is 6.07 Å². The van der Waals surface area contributed by atoms with Gasteiger partial charge in [-0.05, 0) is 28.1 Å². The molecule has 0 bridgehead atoms. The molecule has 1 aromatic carbocycles. The minimum atomic E-state index is -0.892. The van der Waals surface area contributed by atoms with E-state index >= 15 is 0 Å². The van der Waals surface area contributed by atoms with Gasteiger partial charge in [0.25, 0.3) is 0 Å². The molecule has 1 N–H and O–H groups in total. The van der Waals surface area contributed by atoms with Crippen molar-refractivity contribution in [3.63, 3.8) is 0 Å². The molecule has 0 unspecified atom stereocenters. The number of aromatic nitrogens is 2. The van der Waals surface area contributed by atoms with Gasteiger partial charge in [0, 0.05) is 31.0 Å². The summed E-state index contributed by atoms with van der Waals surface area (Å²) >= 11 is 3.42. The summed E-state index contributed by atoms with van der Waals surface area (Å²) in [5.74, 6) is 0.0734. The van der Waals surface area contributed by atoms with E-state index < -0.39 is 16.4 Å². The van der Waals surface area contributed by atoms with Crippen molar-refractivity contribution in [2.45, 2.75) is 0 Å². The van der Waals surface area contributed by atoms with Crippen molar-refractivity contribution in [2.24, 2.45) is 0 Å². The zero-order chi connectivity index (χ0) is 17.1. The van der Waals surface area contributed by atoms with Gasteiger partial charge in [-0.15, -0.1) is 0 Å². The van der Waals surface area contributed by atoms with Crippen molar-refractivity contribution < 1.29 is 14.1 Å². The molecule has 126 valence electrons. The fourth-order valence-electron chi connectivity index (χ4n) is 2.27. The van der Waals surface area contributed by atoms with Crippen LogP contribution < -0.4 is 10.2 Å². The van der Waals surface area contributed by atoms with Gasteiger partial charge in [0.2, 0.25) is 11.8 Å². The van der Waals surface area contributed by atoms with Crippen LogP contribution in [0.15, 0.2) is 28.9 Å². The predicted octanol–water partition coefficient (Wildman–Crippen LogP) is 2.87. The highest BCUT2D eigenvalue weighted by molar-refractivity contribution is 9.10. The minimum Gasteiger partial charge on any atom is -0.378 e. The number of anilines is 3. The summed E-state index contributed by atoms with van der Waals surface area (Å²) in [5.41, 5.74) is -0.274. The van der Waals surface area contributed by atoms with Gasteiger partial charge in [-0.1, -0.05) is 0 Å². The Labute approximate surface area is 144 Å². The number of nitrogens with one attached hydrogen (secondary N) is 1. The number of halogens is 2. The third-order valence-corrected chi connectivity index (χ3v) is 3.99. The first kappa shape index (κ1) is 16.5. The standard InChI is InChI=1S/C14H13BrFN5O3/c15-10-8-17-14(19-13(10)20-3-5-24-6-4-20)18-9-1-2-11(16)12(7-9)21(22)23/h1-2,7-8H,3-6H2,(H,17,18,19). The highest BCUT2D eigenvalue weighted by Crippen LogP contribution is 2.27. The van der Waals surface area contributed by atoms with E-state index in [1.807, 2.05) is 4.90 Å². The molecule has 3 rings (SSSR count). The van der Waals surface area contributed by atoms with E-state index in [1.54, 1.807) is 6.20 Å². The molecule has 1 saturated heterocycles. The highest BCUT2D eigenvalue weighted by atomic mass is 79.9. The average molecular weight is 398 g/mol. The maximum atomic E-state index is 13.4. The van der Waals surface area contributed by atoms with Crippen molar-refractivity contribution in [1.29, 1.82) is 0 Å². The Morgan fingerprint density at radius 1 is 1.38 bits per heavy atom. The summed E-state index contributed by atoms with van der Waals surface area (Å²) in [7, 11) is 0. The van der Waals surface area contributed by atoms with E-state index in [4.69, 9.17) is 4.74 Å². The van der Waals surface area contributed by atoms with Gasteiger partial charge in [0.1, 0.15) is 5.82 Å². The largest absolute Gasteiger partial charge is 0.378 e. The first-order valence-electron chi connectivity index (χ1n) is 7.11. The molecule has 2 aromatic rings. The Kier molecular flexibility index (Phi) is 4.86. The second kappa shape index (κ2) is 7.05. The number of rotatable bonds is 4. The van der Waals surface area contributed by atoms with Gasteiger partial charge in [0.05, 0.1) is 22.6 Å². The van der Waals surface area contributed by atoms with Crippen LogP contribution in [-0.4, -0.2) is 41.2 Å². The van der Waals surface area contributed by atoms with Crippen LogP contribution in [0.25, 0.3) is 0 Å². The van der Waals surface area contributed by atoms with Gasteiger partial charge in [-0.3, -0.25) is 10.1 Å². The van der Waals surface area contributed by atoms with Crippen LogP contribution >= 0.6 is 15.9 Å². The Morgan fingerprint density at radius 3 is 2.83 bits per heavy atom. The van der Waals surface area contributed by atoms with E-state index in [-0.39, 0.29) is 5.95 Å². The van der Waals surface area contributed by atoms with Crippen molar-refractivity contribution >= 4 is 39.1 Å². The fourth-order valence-corrected chi connectivity index (χ4v) is 2.72. The molecule has 1 fully saturated rings. The smallest absolute Gasteiger partial charge is 0.306 e. The van der Waals surface area contributed by atoms with Gasteiger partial charge >= 0.3 is 5.69 Å². The molecule has 1 aromatic heterocycles. The Hall–Kier alpha value is -2.33. The number of benzene rings is 1. The van der Waals surface area contributed by atoms with Gasteiger partial charge in [-0.2, -0.15) is 9.37 Å². The Morgan fingerprint density at radius 2 is 2.12 bits per heavy atom.